The molecule has 4 aromatic rings. The molecule has 1 aliphatic heterocycles. The van der Waals surface area contributed by atoms with E-state index in [9.17, 15) is 14.3 Å². The van der Waals surface area contributed by atoms with Gasteiger partial charge in [-0.1, -0.05) is 26.0 Å². The van der Waals surface area contributed by atoms with Crippen molar-refractivity contribution in [1.82, 2.24) is 19.6 Å². The largest absolute Gasteiger partial charge is 0.479 e. The van der Waals surface area contributed by atoms with Gasteiger partial charge in [0.05, 0.1) is 11.2 Å². The molecule has 41 heavy (non-hydrogen) atoms. The first-order chi connectivity index (χ1) is 19.2. The lowest BCUT2D eigenvalue weighted by Gasteiger charge is -2.39. The van der Waals surface area contributed by atoms with E-state index in [1.165, 1.54) is 17.4 Å². The lowest BCUT2D eigenvalue weighted by molar-refractivity contribution is -0.160. The molecule has 3 aromatic heterocycles. The average Bonchev–Trinajstić information content (AvgIpc) is 3.51. The van der Waals surface area contributed by atoms with Crippen LogP contribution in [0.4, 0.5) is 10.2 Å². The molecule has 218 valence electrons. The number of anilines is 1. The van der Waals surface area contributed by atoms with E-state index in [-0.39, 0.29) is 11.2 Å². The molecule has 1 aromatic carbocycles. The molecule has 5 rings (SSSR count). The van der Waals surface area contributed by atoms with E-state index in [2.05, 4.69) is 23.7 Å². The van der Waals surface area contributed by atoms with Crippen LogP contribution in [0.3, 0.4) is 0 Å². The van der Waals surface area contributed by atoms with Gasteiger partial charge in [-0.05, 0) is 70.1 Å². The van der Waals surface area contributed by atoms with Crippen molar-refractivity contribution >= 4 is 28.8 Å². The van der Waals surface area contributed by atoms with E-state index >= 15 is 0 Å². The molecule has 0 saturated carbocycles. The Hall–Kier alpha value is -3.37. The smallest absolute Gasteiger partial charge is 0.337 e. The highest BCUT2D eigenvalue weighted by Gasteiger charge is 2.36. The number of benzene rings is 1. The first-order valence-electron chi connectivity index (χ1n) is 14.0. The van der Waals surface area contributed by atoms with E-state index in [0.717, 1.165) is 41.4 Å². The van der Waals surface area contributed by atoms with Crippen LogP contribution in [0, 0.1) is 25.1 Å². The maximum absolute atomic E-state index is 13.7. The number of carboxylic acids is 1. The number of fused-ring (bicyclic) bond motifs is 1. The fourth-order valence-corrected chi connectivity index (χ4v) is 6.17. The number of nitrogens with zero attached hydrogens (tertiary/aromatic N) is 5. The van der Waals surface area contributed by atoms with Gasteiger partial charge in [0.15, 0.2) is 11.8 Å². The van der Waals surface area contributed by atoms with Crippen molar-refractivity contribution in [1.29, 1.82) is 0 Å². The number of carbonyl (C=O) groups is 1. The summed E-state index contributed by atoms with van der Waals surface area (Å²) in [5, 5.41) is 16.0. The van der Waals surface area contributed by atoms with Crippen LogP contribution in [0.25, 0.3) is 16.3 Å². The summed E-state index contributed by atoms with van der Waals surface area (Å²) in [5.41, 5.74) is 3.60. The Morgan fingerprint density at radius 1 is 1.20 bits per heavy atom. The van der Waals surface area contributed by atoms with Gasteiger partial charge in [0.25, 0.3) is 0 Å². The molecule has 1 atom stereocenters. The maximum Gasteiger partial charge on any atom is 0.337 e. The van der Waals surface area contributed by atoms with E-state index in [1.807, 2.05) is 46.0 Å². The van der Waals surface area contributed by atoms with Gasteiger partial charge in [-0.25, -0.2) is 19.2 Å². The number of ether oxygens (including phenoxy) is 1. The minimum Gasteiger partial charge on any atom is -0.479 e. The third-order valence-corrected chi connectivity index (χ3v) is 8.57. The number of thiazole rings is 1. The van der Waals surface area contributed by atoms with Crippen molar-refractivity contribution in [2.75, 3.05) is 18.0 Å². The van der Waals surface area contributed by atoms with Crippen LogP contribution in [-0.4, -0.2) is 49.3 Å². The second-order valence-corrected chi connectivity index (χ2v) is 13.8. The molecule has 0 radical (unpaired) electrons. The monoisotopic (exact) mass is 579 g/mol. The van der Waals surface area contributed by atoms with Crippen molar-refractivity contribution in [2.45, 2.75) is 79.4 Å². The zero-order valence-electron chi connectivity index (χ0n) is 24.8. The fraction of sp³-hybridized carbons (Fsp3) is 0.484. The van der Waals surface area contributed by atoms with Crippen LogP contribution in [0.15, 0.2) is 30.5 Å². The van der Waals surface area contributed by atoms with E-state index in [1.54, 1.807) is 17.5 Å². The Morgan fingerprint density at radius 2 is 1.90 bits per heavy atom. The van der Waals surface area contributed by atoms with Crippen molar-refractivity contribution in [3.05, 3.63) is 63.5 Å². The van der Waals surface area contributed by atoms with Crippen molar-refractivity contribution in [3.63, 3.8) is 0 Å². The summed E-state index contributed by atoms with van der Waals surface area (Å²) in [5.74, 6) is -0.558. The van der Waals surface area contributed by atoms with Crippen LogP contribution in [0.1, 0.15) is 80.8 Å². The number of hydrogen-bond donors (Lipinski definition) is 1. The first kappa shape index (κ1) is 29.1. The van der Waals surface area contributed by atoms with Crippen molar-refractivity contribution < 1.29 is 19.0 Å². The zero-order chi connectivity index (χ0) is 29.7. The fourth-order valence-electron chi connectivity index (χ4n) is 5.27. The predicted molar refractivity (Wildman–Crippen MR) is 159 cm³/mol. The molecule has 0 spiro atoms. The Balaban J connectivity index is 1.59. The number of aromatic nitrogens is 4. The standard InChI is InChI=1S/C31H38FN5O3S/c1-18-14-20(8-9-22(18)32)15-21-17-33-27(41-21)23-16-24-34-19(2)25(26(29(38)39)40-30(3,4)5)28(37(24)35-23)36-12-10-31(6,7)11-13-36/h8-9,14,16-17,26H,10-13,15H2,1-7H3,(H,38,39). The molecule has 10 heteroatoms. The van der Waals surface area contributed by atoms with Crippen LogP contribution in [-0.2, 0) is 16.0 Å². The Bertz CT molecular complexity index is 1590. The van der Waals surface area contributed by atoms with Gasteiger partial charge < -0.3 is 14.7 Å². The summed E-state index contributed by atoms with van der Waals surface area (Å²) in [6.07, 6.45) is 3.22. The number of hydrogen-bond acceptors (Lipinski definition) is 7. The highest BCUT2D eigenvalue weighted by atomic mass is 32.1. The summed E-state index contributed by atoms with van der Waals surface area (Å²) in [6.45, 7) is 15.2. The Kier molecular flexibility index (Phi) is 7.67. The summed E-state index contributed by atoms with van der Waals surface area (Å²) in [7, 11) is 0. The summed E-state index contributed by atoms with van der Waals surface area (Å²) in [6, 6.07) is 7.06. The quantitative estimate of drug-likeness (QED) is 0.258. The molecule has 1 saturated heterocycles. The zero-order valence-corrected chi connectivity index (χ0v) is 25.6. The molecule has 1 fully saturated rings. The van der Waals surface area contributed by atoms with Crippen LogP contribution >= 0.6 is 11.3 Å². The van der Waals surface area contributed by atoms with E-state index in [4.69, 9.17) is 14.8 Å². The molecule has 1 aliphatic rings. The minimum atomic E-state index is -1.20. The highest BCUT2D eigenvalue weighted by molar-refractivity contribution is 7.15. The lowest BCUT2D eigenvalue weighted by atomic mass is 9.82. The Labute approximate surface area is 244 Å². The molecule has 0 bridgehead atoms. The number of aliphatic carboxylic acids is 1. The van der Waals surface area contributed by atoms with Gasteiger partial charge in [0, 0.05) is 42.3 Å². The first-order valence-corrected chi connectivity index (χ1v) is 14.8. The second-order valence-electron chi connectivity index (χ2n) is 12.7. The van der Waals surface area contributed by atoms with E-state index < -0.39 is 17.7 Å². The number of piperidine rings is 1. The SMILES string of the molecule is Cc1cc(Cc2cnc(-c3cc4nc(C)c(C(OC(C)(C)C)C(=O)O)c(N5CCC(C)(C)CC5)n4n3)s2)ccc1F. The van der Waals surface area contributed by atoms with Crippen LogP contribution in [0.2, 0.25) is 0 Å². The molecule has 4 heterocycles. The third-order valence-electron chi connectivity index (χ3n) is 7.55. The van der Waals surface area contributed by atoms with Gasteiger partial charge >= 0.3 is 5.97 Å². The average molecular weight is 580 g/mol. The molecule has 0 amide bonds. The highest BCUT2D eigenvalue weighted by Crippen LogP contribution is 2.39. The van der Waals surface area contributed by atoms with Crippen molar-refractivity contribution in [2.24, 2.45) is 5.41 Å². The number of carboxylic acid groups (broad SMARTS) is 1. The summed E-state index contributed by atoms with van der Waals surface area (Å²) < 4.78 is 21.6. The molecule has 8 nitrogen and oxygen atoms in total. The van der Waals surface area contributed by atoms with Gasteiger partial charge in [-0.3, -0.25) is 0 Å². The van der Waals surface area contributed by atoms with Crippen LogP contribution < -0.4 is 4.90 Å². The Morgan fingerprint density at radius 3 is 2.54 bits per heavy atom. The molecular formula is C31H38FN5O3S. The third kappa shape index (κ3) is 6.28. The topological polar surface area (TPSA) is 92.8 Å². The molecule has 1 N–H and O–H groups in total. The second kappa shape index (κ2) is 10.8. The van der Waals surface area contributed by atoms with Gasteiger partial charge in [0.1, 0.15) is 22.3 Å². The van der Waals surface area contributed by atoms with Crippen LogP contribution in [0.5, 0.6) is 0 Å². The van der Waals surface area contributed by atoms with Gasteiger partial charge in [0.2, 0.25) is 0 Å². The number of halogens is 1. The normalized spacial score (nSPS) is 16.3. The number of aryl methyl sites for hydroxylation is 2. The summed E-state index contributed by atoms with van der Waals surface area (Å²) >= 11 is 1.53. The van der Waals surface area contributed by atoms with Crippen molar-refractivity contribution in [3.8, 4) is 10.7 Å². The summed E-state index contributed by atoms with van der Waals surface area (Å²) in [4.78, 5) is 25.3. The number of rotatable bonds is 7. The van der Waals surface area contributed by atoms with Gasteiger partial charge in [-0.2, -0.15) is 9.61 Å². The lowest BCUT2D eigenvalue weighted by Crippen LogP contribution is -2.40. The van der Waals surface area contributed by atoms with E-state index in [0.29, 0.717) is 40.4 Å². The molecular weight excluding hydrogens is 541 g/mol. The molecule has 0 aliphatic carbocycles. The van der Waals surface area contributed by atoms with Gasteiger partial charge in [-0.15, -0.1) is 11.3 Å². The maximum atomic E-state index is 13.7. The predicted octanol–water partition coefficient (Wildman–Crippen LogP) is 6.77. The minimum absolute atomic E-state index is 0.210. The molecule has 1 unspecified atom stereocenters.